The maximum absolute atomic E-state index is 12.6. The van der Waals surface area contributed by atoms with E-state index in [1.807, 2.05) is 48.0 Å². The number of anilines is 2. The van der Waals surface area contributed by atoms with Gasteiger partial charge in [-0.25, -0.2) is 4.98 Å². The molecule has 1 amide bonds. The largest absolute Gasteiger partial charge is 0.380 e. The third kappa shape index (κ3) is 4.89. The SMILES string of the molecule is CC1(c2cccc(NC(=O)c3ccc(NCc4ccccc4)cn3)c2)CCSC=N1. The van der Waals surface area contributed by atoms with Gasteiger partial charge in [-0.2, -0.15) is 0 Å². The Morgan fingerprint density at radius 2 is 1.93 bits per heavy atom. The second-order valence-corrected chi connectivity index (χ2v) is 8.39. The Labute approximate surface area is 181 Å². The van der Waals surface area contributed by atoms with Crippen LogP contribution in [0.25, 0.3) is 0 Å². The van der Waals surface area contributed by atoms with Crippen molar-refractivity contribution in [2.45, 2.75) is 25.4 Å². The predicted octanol–water partition coefficient (Wildman–Crippen LogP) is 5.33. The molecule has 4 rings (SSSR count). The number of carbonyl (C=O) groups excluding carboxylic acids is 1. The first-order valence-corrected chi connectivity index (χ1v) is 11.0. The summed E-state index contributed by atoms with van der Waals surface area (Å²) < 4.78 is 0. The van der Waals surface area contributed by atoms with E-state index in [2.05, 4.69) is 45.7 Å². The van der Waals surface area contributed by atoms with Gasteiger partial charge in [-0.05, 0) is 48.7 Å². The maximum Gasteiger partial charge on any atom is 0.274 e. The molecule has 0 fully saturated rings. The van der Waals surface area contributed by atoms with E-state index in [1.54, 1.807) is 24.0 Å². The lowest BCUT2D eigenvalue weighted by Gasteiger charge is -2.28. The highest BCUT2D eigenvalue weighted by molar-refractivity contribution is 8.12. The van der Waals surface area contributed by atoms with Gasteiger partial charge < -0.3 is 10.6 Å². The zero-order valence-corrected chi connectivity index (χ0v) is 17.7. The van der Waals surface area contributed by atoms with E-state index >= 15 is 0 Å². The Kier molecular flexibility index (Phi) is 6.14. The van der Waals surface area contributed by atoms with Crippen LogP contribution in [0.2, 0.25) is 0 Å². The van der Waals surface area contributed by atoms with E-state index in [4.69, 9.17) is 0 Å². The van der Waals surface area contributed by atoms with E-state index in [9.17, 15) is 4.79 Å². The number of benzene rings is 2. The van der Waals surface area contributed by atoms with E-state index in [1.165, 1.54) is 5.56 Å². The second-order valence-electron chi connectivity index (χ2n) is 7.44. The van der Waals surface area contributed by atoms with Crippen LogP contribution < -0.4 is 10.6 Å². The van der Waals surface area contributed by atoms with Crippen molar-refractivity contribution in [3.63, 3.8) is 0 Å². The number of aromatic nitrogens is 1. The van der Waals surface area contributed by atoms with Gasteiger partial charge in [0.15, 0.2) is 0 Å². The number of carbonyl (C=O) groups is 1. The number of amides is 1. The zero-order valence-electron chi connectivity index (χ0n) is 16.8. The minimum Gasteiger partial charge on any atom is -0.380 e. The van der Waals surface area contributed by atoms with Gasteiger partial charge in [-0.15, -0.1) is 11.8 Å². The molecule has 2 N–H and O–H groups in total. The molecular weight excluding hydrogens is 392 g/mol. The first-order chi connectivity index (χ1) is 14.6. The van der Waals surface area contributed by atoms with E-state index in [-0.39, 0.29) is 11.4 Å². The van der Waals surface area contributed by atoms with Crippen LogP contribution in [0.4, 0.5) is 11.4 Å². The first kappa shape index (κ1) is 20.2. The molecule has 1 atom stereocenters. The van der Waals surface area contributed by atoms with Crippen molar-refractivity contribution in [1.82, 2.24) is 4.98 Å². The molecule has 30 heavy (non-hydrogen) atoms. The highest BCUT2D eigenvalue weighted by Crippen LogP contribution is 2.34. The minimum absolute atomic E-state index is 0.227. The van der Waals surface area contributed by atoms with Gasteiger partial charge >= 0.3 is 0 Å². The fourth-order valence-electron chi connectivity index (χ4n) is 3.31. The van der Waals surface area contributed by atoms with Crippen LogP contribution in [0.3, 0.4) is 0 Å². The highest BCUT2D eigenvalue weighted by atomic mass is 32.2. The van der Waals surface area contributed by atoms with Gasteiger partial charge in [0.1, 0.15) is 5.69 Å². The fraction of sp³-hybridized carbons (Fsp3) is 0.208. The summed E-state index contributed by atoms with van der Waals surface area (Å²) in [5, 5.41) is 6.27. The van der Waals surface area contributed by atoms with Crippen molar-refractivity contribution in [2.75, 3.05) is 16.4 Å². The van der Waals surface area contributed by atoms with Crippen molar-refractivity contribution < 1.29 is 4.79 Å². The summed E-state index contributed by atoms with van der Waals surface area (Å²) in [4.78, 5) is 21.6. The van der Waals surface area contributed by atoms with Crippen molar-refractivity contribution in [2.24, 2.45) is 4.99 Å². The molecule has 0 saturated carbocycles. The second kappa shape index (κ2) is 9.13. The molecular formula is C24H24N4OS. The Bertz CT molecular complexity index is 1040. The van der Waals surface area contributed by atoms with Crippen LogP contribution >= 0.6 is 11.8 Å². The van der Waals surface area contributed by atoms with E-state index in [0.717, 1.165) is 29.1 Å². The number of thioether (sulfide) groups is 1. The van der Waals surface area contributed by atoms with E-state index < -0.39 is 0 Å². The number of nitrogens with zero attached hydrogens (tertiary/aromatic N) is 2. The molecule has 2 heterocycles. The topological polar surface area (TPSA) is 66.4 Å². The van der Waals surface area contributed by atoms with Crippen LogP contribution in [-0.4, -0.2) is 22.2 Å². The summed E-state index contributed by atoms with van der Waals surface area (Å²) in [5.74, 6) is 0.820. The molecule has 1 unspecified atom stereocenters. The first-order valence-electron chi connectivity index (χ1n) is 9.93. The molecule has 5 nitrogen and oxygen atoms in total. The summed E-state index contributed by atoms with van der Waals surface area (Å²) >= 11 is 1.73. The molecule has 0 aliphatic carbocycles. The molecule has 1 aromatic heterocycles. The van der Waals surface area contributed by atoms with Gasteiger partial charge in [-0.3, -0.25) is 9.79 Å². The lowest BCUT2D eigenvalue weighted by molar-refractivity contribution is 0.102. The van der Waals surface area contributed by atoms with Crippen LogP contribution in [-0.2, 0) is 12.1 Å². The molecule has 1 aliphatic heterocycles. The molecule has 152 valence electrons. The zero-order chi connectivity index (χ0) is 20.8. The summed E-state index contributed by atoms with van der Waals surface area (Å²) in [6, 6.07) is 21.7. The molecule has 6 heteroatoms. The molecule has 0 saturated heterocycles. The minimum atomic E-state index is -0.240. The lowest BCUT2D eigenvalue weighted by atomic mass is 9.89. The van der Waals surface area contributed by atoms with Crippen molar-refractivity contribution in [3.8, 4) is 0 Å². The van der Waals surface area contributed by atoms with Crippen molar-refractivity contribution in [3.05, 3.63) is 89.7 Å². The van der Waals surface area contributed by atoms with Crippen molar-refractivity contribution >= 4 is 34.6 Å². The summed E-state index contributed by atoms with van der Waals surface area (Å²) in [5.41, 5.74) is 5.98. The molecule has 0 bridgehead atoms. The van der Waals surface area contributed by atoms with E-state index in [0.29, 0.717) is 12.2 Å². The van der Waals surface area contributed by atoms with Gasteiger partial charge in [0.2, 0.25) is 0 Å². The standard InChI is InChI=1S/C24H24N4OS/c1-24(12-13-30-17-27-24)19-8-5-9-20(14-19)28-23(29)22-11-10-21(16-26-22)25-15-18-6-3-2-4-7-18/h2-11,14,16-17,25H,12-13,15H2,1H3,(H,28,29). The number of hydrogen-bond acceptors (Lipinski definition) is 5. The van der Waals surface area contributed by atoms with Crippen LogP contribution in [0.5, 0.6) is 0 Å². The summed E-state index contributed by atoms with van der Waals surface area (Å²) in [6.07, 6.45) is 2.66. The van der Waals surface area contributed by atoms with Gasteiger partial charge in [0.05, 0.1) is 23.0 Å². The third-order valence-electron chi connectivity index (χ3n) is 5.20. The molecule has 2 aromatic carbocycles. The summed E-state index contributed by atoms with van der Waals surface area (Å²) in [6.45, 7) is 2.84. The number of aliphatic imine (C=N–C) groups is 1. The van der Waals surface area contributed by atoms with Crippen LogP contribution in [0, 0.1) is 0 Å². The quantitative estimate of drug-likeness (QED) is 0.570. The average molecular weight is 417 g/mol. The average Bonchev–Trinajstić information content (AvgIpc) is 2.79. The summed E-state index contributed by atoms with van der Waals surface area (Å²) in [7, 11) is 0. The van der Waals surface area contributed by atoms with Gasteiger partial charge in [0, 0.05) is 18.0 Å². The number of rotatable bonds is 6. The smallest absolute Gasteiger partial charge is 0.274 e. The fourth-order valence-corrected chi connectivity index (χ4v) is 4.24. The van der Waals surface area contributed by atoms with Gasteiger partial charge in [0.25, 0.3) is 5.91 Å². The lowest BCUT2D eigenvalue weighted by Crippen LogP contribution is -2.23. The maximum atomic E-state index is 12.6. The van der Waals surface area contributed by atoms with Gasteiger partial charge in [-0.1, -0.05) is 42.5 Å². The molecule has 3 aromatic rings. The predicted molar refractivity (Wildman–Crippen MR) is 125 cm³/mol. The normalized spacial score (nSPS) is 18.0. The Hall–Kier alpha value is -3.12. The Morgan fingerprint density at radius 3 is 2.67 bits per heavy atom. The van der Waals surface area contributed by atoms with Crippen molar-refractivity contribution in [1.29, 1.82) is 0 Å². The number of nitrogens with one attached hydrogen (secondary N) is 2. The number of pyridine rings is 1. The molecule has 0 spiro atoms. The molecule has 0 radical (unpaired) electrons. The monoisotopic (exact) mass is 416 g/mol. The van der Waals surface area contributed by atoms with Crippen LogP contribution in [0.15, 0.2) is 77.9 Å². The Morgan fingerprint density at radius 1 is 1.07 bits per heavy atom. The van der Waals surface area contributed by atoms with Crippen LogP contribution in [0.1, 0.15) is 35.0 Å². The Balaban J connectivity index is 1.40. The third-order valence-corrected chi connectivity index (χ3v) is 5.89. The highest BCUT2D eigenvalue weighted by Gasteiger charge is 2.27. The molecule has 1 aliphatic rings. The number of hydrogen-bond donors (Lipinski definition) is 2.